The van der Waals surface area contributed by atoms with E-state index in [1.165, 1.54) is 0 Å². The Morgan fingerprint density at radius 1 is 1.44 bits per heavy atom. The molecule has 152 valence electrons. The van der Waals surface area contributed by atoms with Gasteiger partial charge in [0.05, 0.1) is 24.4 Å². The molecule has 0 bridgehead atoms. The van der Waals surface area contributed by atoms with Crippen LogP contribution in [0.3, 0.4) is 0 Å². The number of ether oxygens (including phenoxy) is 1. The van der Waals surface area contributed by atoms with Crippen LogP contribution in [0.1, 0.15) is 64.7 Å². The van der Waals surface area contributed by atoms with Crippen molar-refractivity contribution in [1.29, 1.82) is 0 Å². The first-order chi connectivity index (χ1) is 12.9. The van der Waals surface area contributed by atoms with Crippen LogP contribution in [0.25, 0.3) is 0 Å². The number of hydrogen-bond acceptors (Lipinski definition) is 5. The van der Waals surface area contributed by atoms with E-state index in [0.29, 0.717) is 19.3 Å². The summed E-state index contributed by atoms with van der Waals surface area (Å²) < 4.78 is 6.09. The molecule has 6 heteroatoms. The van der Waals surface area contributed by atoms with Crippen molar-refractivity contribution < 1.29 is 24.5 Å². The number of nitrogens with zero attached hydrogens (tertiary/aromatic N) is 1. The number of carbonyl (C=O) groups excluding carboxylic acids is 1. The maximum atomic E-state index is 11.2. The molecule has 0 spiro atoms. The third-order valence-corrected chi connectivity index (χ3v) is 5.53. The Hall–Kier alpha value is -1.66. The van der Waals surface area contributed by atoms with Crippen LogP contribution >= 0.6 is 0 Å². The summed E-state index contributed by atoms with van der Waals surface area (Å²) >= 11 is 0. The maximum absolute atomic E-state index is 11.2. The number of carbonyl (C=O) groups is 1. The number of allylic oxidation sites excluding steroid dienone is 2. The minimum absolute atomic E-state index is 0.00323. The van der Waals surface area contributed by atoms with Crippen LogP contribution in [-0.2, 0) is 9.53 Å². The van der Waals surface area contributed by atoms with Crippen molar-refractivity contribution in [3.63, 3.8) is 0 Å². The van der Waals surface area contributed by atoms with E-state index in [-0.39, 0.29) is 29.1 Å². The number of unbranched alkanes of at least 4 members (excludes halogenated alkanes) is 3. The first-order valence-corrected chi connectivity index (χ1v) is 10.1. The van der Waals surface area contributed by atoms with Crippen molar-refractivity contribution >= 4 is 12.6 Å². The highest BCUT2D eigenvalue weighted by Crippen LogP contribution is 2.45. The third-order valence-electron chi connectivity index (χ3n) is 5.53. The van der Waals surface area contributed by atoms with Gasteiger partial charge in [0.15, 0.2) is 0 Å². The molecule has 0 aromatic rings. The highest BCUT2D eigenvalue weighted by molar-refractivity contribution is 5.69. The number of hydroxylamine groups is 1. The zero-order valence-corrected chi connectivity index (χ0v) is 16.3. The van der Waals surface area contributed by atoms with E-state index in [9.17, 15) is 20.2 Å². The Labute approximate surface area is 161 Å². The fourth-order valence-electron chi connectivity index (χ4n) is 3.98. The van der Waals surface area contributed by atoms with Gasteiger partial charge in [-0.2, -0.15) is 0 Å². The summed E-state index contributed by atoms with van der Waals surface area (Å²) in [7, 11) is 0. The van der Waals surface area contributed by atoms with E-state index in [4.69, 9.17) is 4.74 Å². The van der Waals surface area contributed by atoms with E-state index in [1.807, 2.05) is 18.2 Å². The molecule has 1 saturated heterocycles. The van der Waals surface area contributed by atoms with E-state index in [1.54, 1.807) is 0 Å². The Kier molecular flexibility index (Phi) is 8.51. The molecule has 6 nitrogen and oxygen atoms in total. The van der Waals surface area contributed by atoms with Crippen molar-refractivity contribution in [2.45, 2.75) is 83.0 Å². The quantitative estimate of drug-likeness (QED) is 0.152. The highest BCUT2D eigenvalue weighted by Gasteiger charge is 2.46. The number of fused-ring (bicyclic) bond motifs is 1. The number of aliphatic hydroxyl groups excluding tert-OH is 2. The van der Waals surface area contributed by atoms with E-state index >= 15 is 0 Å². The molecule has 1 aliphatic carbocycles. The molecule has 2 fully saturated rings. The molecule has 2 N–H and O–H groups in total. The molecule has 27 heavy (non-hydrogen) atoms. The lowest BCUT2D eigenvalue weighted by Crippen LogP contribution is -2.18. The summed E-state index contributed by atoms with van der Waals surface area (Å²) in [5.41, 5.74) is 0. The Balaban J connectivity index is 1.81. The van der Waals surface area contributed by atoms with Gasteiger partial charge in [0, 0.05) is 24.7 Å². The molecule has 0 radical (unpaired) electrons. The zero-order valence-electron chi connectivity index (χ0n) is 16.3. The summed E-state index contributed by atoms with van der Waals surface area (Å²) in [5, 5.41) is 31.1. The zero-order chi connectivity index (χ0) is 19.8. The molecule has 1 aliphatic heterocycles. The van der Waals surface area contributed by atoms with Gasteiger partial charge in [-0.15, -0.1) is 4.74 Å². The topological polar surface area (TPSA) is 92.8 Å². The molecule has 2 aliphatic rings. The number of rotatable bonds is 10. The van der Waals surface area contributed by atoms with Gasteiger partial charge in [0.25, 0.3) is 0 Å². The molecule has 2 rings (SSSR count). The summed E-state index contributed by atoms with van der Waals surface area (Å²) in [6.45, 7) is 5.18. The average molecular weight is 379 g/mol. The van der Waals surface area contributed by atoms with Gasteiger partial charge in [-0.1, -0.05) is 38.3 Å². The molecule has 0 unspecified atom stereocenters. The van der Waals surface area contributed by atoms with Crippen LogP contribution in [0.5, 0.6) is 0 Å². The lowest BCUT2D eigenvalue weighted by Gasteiger charge is -2.16. The molecule has 1 saturated carbocycles. The van der Waals surface area contributed by atoms with Crippen molar-refractivity contribution in [3.05, 3.63) is 29.2 Å². The van der Waals surface area contributed by atoms with Crippen molar-refractivity contribution in [3.8, 4) is 0 Å². The van der Waals surface area contributed by atoms with Crippen molar-refractivity contribution in [1.82, 2.24) is 0 Å². The first-order valence-electron chi connectivity index (χ1n) is 10.1. The molecule has 1 heterocycles. The van der Waals surface area contributed by atoms with Gasteiger partial charge in [-0.3, -0.25) is 0 Å². The highest BCUT2D eigenvalue weighted by atomic mass is 16.5. The van der Waals surface area contributed by atoms with Crippen LogP contribution in [0.15, 0.2) is 24.0 Å². The van der Waals surface area contributed by atoms with Crippen LogP contribution < -0.4 is 0 Å². The standard InChI is InChI=1S/C21H33NO5/c1-3-4-5-8-15(23)11-12-17-18-13-16(27-20(18)14-19(17)24)9-6-7-10-21(25)22(2)26/h9,11-12,15,17-20,23-24H,2-8,10,13-14H2,1H3/b12-11+,16-9-/t15-,17+,18+,19+,20-/m0/s1. The van der Waals surface area contributed by atoms with Crippen molar-refractivity contribution in [2.75, 3.05) is 0 Å². The van der Waals surface area contributed by atoms with Crippen LogP contribution in [0.2, 0.25) is 0 Å². The first kappa shape index (κ1) is 21.6. The van der Waals surface area contributed by atoms with Gasteiger partial charge in [-0.25, -0.2) is 4.79 Å². The normalized spacial score (nSPS) is 29.8. The SMILES string of the molecule is C=[N+]([O-])C(=O)CCC/C=C1/C[C@@H]2[C@@H](/C=C/[C@@H](O)CCCCC)[C@H](O)C[C@@H]2O1. The molecule has 5 atom stereocenters. The monoisotopic (exact) mass is 379 g/mol. The van der Waals surface area contributed by atoms with Gasteiger partial charge in [0.1, 0.15) is 12.8 Å². The fourth-order valence-corrected chi connectivity index (χ4v) is 3.98. The summed E-state index contributed by atoms with van der Waals surface area (Å²) in [6.07, 6.45) is 11.7. The molecular weight excluding hydrogens is 346 g/mol. The Morgan fingerprint density at radius 2 is 2.22 bits per heavy atom. The minimum atomic E-state index is -0.511. The minimum Gasteiger partial charge on any atom is -0.617 e. The number of aliphatic hydroxyl groups is 2. The lowest BCUT2D eigenvalue weighted by molar-refractivity contribution is -0.374. The smallest absolute Gasteiger partial charge is 0.397 e. The average Bonchev–Trinajstić information content (AvgIpc) is 3.13. The summed E-state index contributed by atoms with van der Waals surface area (Å²) in [6, 6.07) is 0. The van der Waals surface area contributed by atoms with Crippen LogP contribution in [-0.4, -0.2) is 45.9 Å². The van der Waals surface area contributed by atoms with Gasteiger partial charge in [-0.05, 0) is 25.3 Å². The second-order valence-corrected chi connectivity index (χ2v) is 7.69. The lowest BCUT2D eigenvalue weighted by atomic mass is 9.90. The van der Waals surface area contributed by atoms with Gasteiger partial charge >= 0.3 is 5.91 Å². The largest absolute Gasteiger partial charge is 0.617 e. The molecule has 0 aromatic carbocycles. The van der Waals surface area contributed by atoms with E-state index in [2.05, 4.69) is 13.6 Å². The summed E-state index contributed by atoms with van der Waals surface area (Å²) in [4.78, 5) is 11.2. The second-order valence-electron chi connectivity index (χ2n) is 7.69. The predicted molar refractivity (Wildman–Crippen MR) is 104 cm³/mol. The Morgan fingerprint density at radius 3 is 2.93 bits per heavy atom. The van der Waals surface area contributed by atoms with Gasteiger partial charge < -0.3 is 20.2 Å². The Bertz CT molecular complexity index is 571. The second kappa shape index (κ2) is 10.6. The fraction of sp³-hybridized carbons (Fsp3) is 0.714. The van der Waals surface area contributed by atoms with Crippen molar-refractivity contribution in [2.24, 2.45) is 11.8 Å². The maximum Gasteiger partial charge on any atom is 0.397 e. The van der Waals surface area contributed by atoms with Crippen LogP contribution in [0, 0.1) is 17.0 Å². The van der Waals surface area contributed by atoms with E-state index < -0.39 is 18.1 Å². The predicted octanol–water partition coefficient (Wildman–Crippen LogP) is 3.06. The number of amides is 1. The third kappa shape index (κ3) is 6.47. The van der Waals surface area contributed by atoms with Crippen LogP contribution in [0.4, 0.5) is 0 Å². The van der Waals surface area contributed by atoms with Gasteiger partial charge in [0.2, 0.25) is 0 Å². The number of hydrogen-bond donors (Lipinski definition) is 2. The molecule has 0 aromatic heterocycles. The molecular formula is C21H33NO5. The summed E-state index contributed by atoms with van der Waals surface area (Å²) in [5.74, 6) is 0.621. The van der Waals surface area contributed by atoms with E-state index in [0.717, 1.165) is 37.9 Å². The molecule has 1 amide bonds.